The molecule has 0 amide bonds. The number of hydrogen-bond acceptors (Lipinski definition) is 10. The van der Waals surface area contributed by atoms with Crippen molar-refractivity contribution in [2.24, 2.45) is 0 Å². The van der Waals surface area contributed by atoms with Gasteiger partial charge in [-0.1, -0.05) is 96.3 Å². The summed E-state index contributed by atoms with van der Waals surface area (Å²) in [7, 11) is 0. The molecule has 10 heteroatoms. The van der Waals surface area contributed by atoms with Crippen LogP contribution in [0.1, 0.15) is 173 Å². The summed E-state index contributed by atoms with van der Waals surface area (Å²) in [6.07, 6.45) is 27.6. The minimum Gasteiger partial charge on any atom is -0.395 e. The molecule has 3 aliphatic carbocycles. The van der Waals surface area contributed by atoms with E-state index < -0.39 is 17.4 Å². The van der Waals surface area contributed by atoms with Gasteiger partial charge in [-0.2, -0.15) is 23.5 Å². The smallest absolute Gasteiger partial charge is 0.162 e. The Morgan fingerprint density at radius 2 is 0.500 bits per heavy atom. The van der Waals surface area contributed by atoms with Crippen molar-refractivity contribution in [2.45, 2.75) is 201 Å². The standard InChI is InChI=1S/3C10H20O2.C6H12O2S2/c3*11-10(12)8-6-4-2-1-3-5-7-9-10;7-1-5-3-10-6(2-8)4-9-5/h3*11-12H,1-9H2;5-8H,1-4H2. The lowest BCUT2D eigenvalue weighted by atomic mass is 9.97. The first-order valence-corrected chi connectivity index (χ1v) is 20.9. The minimum absolute atomic E-state index is 0.274. The van der Waals surface area contributed by atoms with Gasteiger partial charge in [0.1, 0.15) is 0 Å². The van der Waals surface area contributed by atoms with E-state index in [1.807, 2.05) is 0 Å². The Bertz CT molecular complexity index is 568. The summed E-state index contributed by atoms with van der Waals surface area (Å²) in [6, 6.07) is 0. The van der Waals surface area contributed by atoms with Crippen LogP contribution in [0.3, 0.4) is 0 Å². The van der Waals surface area contributed by atoms with E-state index in [1.165, 1.54) is 57.8 Å². The molecule has 0 bridgehead atoms. The van der Waals surface area contributed by atoms with Gasteiger partial charge in [-0.3, -0.25) is 0 Å². The molecule has 4 aliphatic rings. The molecule has 1 saturated heterocycles. The van der Waals surface area contributed by atoms with Crippen LogP contribution >= 0.6 is 23.5 Å². The number of rotatable bonds is 2. The predicted molar refractivity (Wildman–Crippen MR) is 193 cm³/mol. The zero-order chi connectivity index (χ0) is 34.0. The van der Waals surface area contributed by atoms with Gasteiger partial charge < -0.3 is 40.9 Å². The fourth-order valence-corrected chi connectivity index (χ4v) is 8.91. The first-order valence-electron chi connectivity index (χ1n) is 18.8. The highest BCUT2D eigenvalue weighted by molar-refractivity contribution is 8.07. The van der Waals surface area contributed by atoms with Gasteiger partial charge in [0.25, 0.3) is 0 Å². The molecule has 0 radical (unpaired) electrons. The highest BCUT2D eigenvalue weighted by atomic mass is 32.2. The largest absolute Gasteiger partial charge is 0.395 e. The maximum atomic E-state index is 9.45. The molecule has 2 unspecified atom stereocenters. The number of hydrogen-bond donors (Lipinski definition) is 8. The van der Waals surface area contributed by atoms with Gasteiger partial charge in [0, 0.05) is 60.5 Å². The molecule has 0 aromatic heterocycles. The van der Waals surface area contributed by atoms with Gasteiger partial charge in [0.2, 0.25) is 0 Å². The van der Waals surface area contributed by atoms with Crippen molar-refractivity contribution in [3.05, 3.63) is 0 Å². The molecule has 4 fully saturated rings. The summed E-state index contributed by atoms with van der Waals surface area (Å²) < 4.78 is 0. The second kappa shape index (κ2) is 27.1. The summed E-state index contributed by atoms with van der Waals surface area (Å²) in [5.74, 6) is -2.13. The first kappa shape index (κ1) is 44.4. The molecule has 1 heterocycles. The van der Waals surface area contributed by atoms with Gasteiger partial charge >= 0.3 is 0 Å². The summed E-state index contributed by atoms with van der Waals surface area (Å²) >= 11 is 3.53. The lowest BCUT2D eigenvalue weighted by Gasteiger charge is -2.24. The Balaban J connectivity index is 0.000000307. The van der Waals surface area contributed by atoms with Gasteiger partial charge in [-0.05, 0) is 38.5 Å². The van der Waals surface area contributed by atoms with Crippen molar-refractivity contribution in [2.75, 3.05) is 24.7 Å². The molecular weight excluding hydrogens is 625 g/mol. The van der Waals surface area contributed by atoms with E-state index in [2.05, 4.69) is 0 Å². The SMILES string of the molecule is OC1(O)CCCCCCCCC1.OC1(O)CCCCCCCCC1.OC1(O)CCCCCCCCC1.OCC1CSC(CO)CS1. The van der Waals surface area contributed by atoms with Crippen LogP contribution in [0, 0.1) is 0 Å². The van der Waals surface area contributed by atoms with E-state index in [0.29, 0.717) is 49.0 Å². The summed E-state index contributed by atoms with van der Waals surface area (Å²) in [6.45, 7) is 0.547. The third-order valence-electron chi connectivity index (χ3n) is 9.41. The maximum absolute atomic E-state index is 9.45. The minimum atomic E-state index is -1.36. The van der Waals surface area contributed by atoms with E-state index >= 15 is 0 Å². The molecule has 2 atom stereocenters. The third-order valence-corrected chi connectivity index (χ3v) is 12.6. The molecule has 0 spiro atoms. The molecule has 8 nitrogen and oxygen atoms in total. The third kappa shape index (κ3) is 26.3. The van der Waals surface area contributed by atoms with Crippen LogP contribution in [0.4, 0.5) is 0 Å². The highest BCUT2D eigenvalue weighted by Crippen LogP contribution is 2.29. The van der Waals surface area contributed by atoms with Gasteiger partial charge in [0.05, 0.1) is 13.2 Å². The van der Waals surface area contributed by atoms with Crippen molar-refractivity contribution in [1.82, 2.24) is 0 Å². The fourth-order valence-electron chi connectivity index (χ4n) is 6.27. The average molecular weight is 697 g/mol. The predicted octanol–water partition coefficient (Wildman–Crippen LogP) is 6.76. The van der Waals surface area contributed by atoms with Crippen molar-refractivity contribution in [1.29, 1.82) is 0 Å². The number of aliphatic hydroxyl groups is 8. The second-order valence-corrected chi connectivity index (χ2v) is 16.8. The summed E-state index contributed by atoms with van der Waals surface area (Å²) in [5.41, 5.74) is 0. The number of thioether (sulfide) groups is 2. The highest BCUT2D eigenvalue weighted by Gasteiger charge is 2.24. The van der Waals surface area contributed by atoms with Gasteiger partial charge in [-0.15, -0.1) is 0 Å². The van der Waals surface area contributed by atoms with Crippen LogP contribution in [0.25, 0.3) is 0 Å². The molecule has 1 aliphatic heterocycles. The lowest BCUT2D eigenvalue weighted by Crippen LogP contribution is -2.27. The Kier molecular flexibility index (Phi) is 26.2. The van der Waals surface area contributed by atoms with Crippen LogP contribution in [0.15, 0.2) is 0 Å². The van der Waals surface area contributed by atoms with Crippen LogP contribution in [0.5, 0.6) is 0 Å². The van der Waals surface area contributed by atoms with E-state index in [0.717, 1.165) is 88.6 Å². The molecule has 0 aromatic carbocycles. The second-order valence-electron chi connectivity index (χ2n) is 14.1. The Morgan fingerprint density at radius 3 is 0.652 bits per heavy atom. The topological polar surface area (TPSA) is 162 Å². The molecule has 4 rings (SSSR count). The normalized spacial score (nSPS) is 28.2. The van der Waals surface area contributed by atoms with E-state index in [4.69, 9.17) is 10.2 Å². The molecule has 276 valence electrons. The number of aliphatic hydroxyl groups excluding tert-OH is 2. The fraction of sp³-hybridized carbons (Fsp3) is 1.00. The van der Waals surface area contributed by atoms with Crippen molar-refractivity contribution in [3.8, 4) is 0 Å². The summed E-state index contributed by atoms with van der Waals surface area (Å²) in [4.78, 5) is 0. The molecule has 46 heavy (non-hydrogen) atoms. The monoisotopic (exact) mass is 696 g/mol. The first-order chi connectivity index (χ1) is 22.0. The summed E-state index contributed by atoms with van der Waals surface area (Å²) in [5, 5.41) is 75.0. The van der Waals surface area contributed by atoms with E-state index in [9.17, 15) is 30.6 Å². The maximum Gasteiger partial charge on any atom is 0.162 e. The average Bonchev–Trinajstić information content (AvgIpc) is 3.03. The molecule has 3 saturated carbocycles. The molecule has 0 aromatic rings. The van der Waals surface area contributed by atoms with Crippen LogP contribution in [-0.2, 0) is 0 Å². The zero-order valence-electron chi connectivity index (χ0n) is 29.0. The Morgan fingerprint density at radius 1 is 0.326 bits per heavy atom. The van der Waals surface area contributed by atoms with Crippen LogP contribution < -0.4 is 0 Å². The van der Waals surface area contributed by atoms with Crippen molar-refractivity contribution < 1.29 is 40.9 Å². The zero-order valence-corrected chi connectivity index (χ0v) is 30.6. The molecular formula is C36H72O8S2. The molecule has 8 N–H and O–H groups in total. The van der Waals surface area contributed by atoms with E-state index in [-0.39, 0.29) is 13.2 Å². The van der Waals surface area contributed by atoms with Crippen molar-refractivity contribution in [3.63, 3.8) is 0 Å². The van der Waals surface area contributed by atoms with Crippen molar-refractivity contribution >= 4 is 23.5 Å². The van der Waals surface area contributed by atoms with Crippen LogP contribution in [-0.4, -0.2) is 93.4 Å². The quantitative estimate of drug-likeness (QED) is 0.145. The van der Waals surface area contributed by atoms with E-state index in [1.54, 1.807) is 23.5 Å². The Hall–Kier alpha value is 0.380. The van der Waals surface area contributed by atoms with Gasteiger partial charge in [-0.25, -0.2) is 0 Å². The Labute approximate surface area is 289 Å². The van der Waals surface area contributed by atoms with Gasteiger partial charge in [0.15, 0.2) is 17.4 Å². The van der Waals surface area contributed by atoms with Crippen LogP contribution in [0.2, 0.25) is 0 Å². The lowest BCUT2D eigenvalue weighted by molar-refractivity contribution is -0.173.